The molecule has 3 aliphatic heterocycles. The van der Waals surface area contributed by atoms with E-state index in [1.165, 1.54) is 6.92 Å². The first-order chi connectivity index (χ1) is 17.3. The fourth-order valence-corrected chi connectivity index (χ4v) is 6.48. The number of aromatic nitrogens is 3. The Kier molecular flexibility index (Phi) is 5.00. The zero-order valence-corrected chi connectivity index (χ0v) is 21.2. The van der Waals surface area contributed by atoms with Crippen LogP contribution in [0.3, 0.4) is 0 Å². The van der Waals surface area contributed by atoms with Crippen molar-refractivity contribution in [2.75, 3.05) is 17.2 Å². The molecule has 3 aliphatic rings. The smallest absolute Gasteiger partial charge is 0.418 e. The zero-order valence-electron chi connectivity index (χ0n) is 21.2. The molecule has 11 heteroatoms. The van der Waals surface area contributed by atoms with Gasteiger partial charge in [-0.25, -0.2) is 19.3 Å². The third kappa shape index (κ3) is 3.46. The van der Waals surface area contributed by atoms with Crippen molar-refractivity contribution in [3.8, 4) is 17.1 Å². The summed E-state index contributed by atoms with van der Waals surface area (Å²) in [5.41, 5.74) is 4.46. The maximum atomic E-state index is 16.4. The number of fused-ring (bicyclic) bond motifs is 5. The molecule has 0 aromatic carbocycles. The summed E-state index contributed by atoms with van der Waals surface area (Å²) in [6.45, 7) is 9.42. The van der Waals surface area contributed by atoms with Crippen LogP contribution in [0.15, 0.2) is 6.07 Å². The lowest BCUT2D eigenvalue weighted by atomic mass is 9.95. The topological polar surface area (TPSA) is 89.2 Å². The highest BCUT2D eigenvalue weighted by molar-refractivity contribution is 6.01. The molecular formula is C26H28F4N6O. The SMILES string of the molecule is Cc1nc(N)cc(-c2nc3c4c(nc(C)c(C)c4c2F)N2C[C@@]4(C)CC[C@H](N4)[C@H]2C(C)O3)c1C(F)(F)F. The maximum absolute atomic E-state index is 16.4. The molecule has 6 heterocycles. The van der Waals surface area contributed by atoms with Gasteiger partial charge in [0.1, 0.15) is 23.4 Å². The quantitative estimate of drug-likeness (QED) is 0.448. The van der Waals surface area contributed by atoms with Gasteiger partial charge < -0.3 is 20.7 Å². The Hall–Kier alpha value is -3.21. The third-order valence-electron chi connectivity index (χ3n) is 8.16. The minimum Gasteiger partial charge on any atom is -0.472 e. The number of anilines is 2. The molecule has 6 rings (SSSR count). The number of piperazine rings is 1. The first-order valence-electron chi connectivity index (χ1n) is 12.3. The van der Waals surface area contributed by atoms with E-state index in [9.17, 15) is 13.2 Å². The third-order valence-corrected chi connectivity index (χ3v) is 8.16. The molecule has 0 aliphatic carbocycles. The minimum atomic E-state index is -4.79. The van der Waals surface area contributed by atoms with E-state index >= 15 is 4.39 Å². The van der Waals surface area contributed by atoms with Crippen LogP contribution in [0.4, 0.5) is 29.2 Å². The monoisotopic (exact) mass is 516 g/mol. The van der Waals surface area contributed by atoms with Gasteiger partial charge in [0, 0.05) is 34.8 Å². The average Bonchev–Trinajstić information content (AvgIpc) is 3.03. The molecule has 7 nitrogen and oxygen atoms in total. The largest absolute Gasteiger partial charge is 0.472 e. The second-order valence-electron chi connectivity index (χ2n) is 10.8. The van der Waals surface area contributed by atoms with Gasteiger partial charge in [-0.3, -0.25) is 0 Å². The Labute approximate surface area is 211 Å². The van der Waals surface area contributed by atoms with Gasteiger partial charge >= 0.3 is 6.18 Å². The number of nitrogens with two attached hydrogens (primary N) is 1. The normalized spacial score (nSPS) is 26.7. The summed E-state index contributed by atoms with van der Waals surface area (Å²) in [4.78, 5) is 15.2. The van der Waals surface area contributed by atoms with Gasteiger partial charge in [-0.15, -0.1) is 0 Å². The Morgan fingerprint density at radius 3 is 2.57 bits per heavy atom. The number of alkyl halides is 3. The number of rotatable bonds is 1. The van der Waals surface area contributed by atoms with E-state index in [2.05, 4.69) is 27.1 Å². The van der Waals surface area contributed by atoms with E-state index in [1.807, 2.05) is 6.92 Å². The molecule has 2 bridgehead atoms. The molecule has 0 saturated carbocycles. The summed E-state index contributed by atoms with van der Waals surface area (Å²) in [5, 5.41) is 4.25. The van der Waals surface area contributed by atoms with Crippen molar-refractivity contribution in [2.45, 2.75) is 77.4 Å². The molecule has 37 heavy (non-hydrogen) atoms. The Balaban J connectivity index is 1.69. The van der Waals surface area contributed by atoms with Crippen LogP contribution in [0.2, 0.25) is 0 Å². The Bertz CT molecular complexity index is 1470. The predicted molar refractivity (Wildman–Crippen MR) is 132 cm³/mol. The number of nitrogens with zero attached hydrogens (tertiary/aromatic N) is 4. The highest BCUT2D eigenvalue weighted by atomic mass is 19.4. The van der Waals surface area contributed by atoms with Crippen LogP contribution in [0.5, 0.6) is 5.88 Å². The van der Waals surface area contributed by atoms with E-state index in [-0.39, 0.29) is 46.5 Å². The van der Waals surface area contributed by atoms with Crippen LogP contribution in [-0.2, 0) is 6.18 Å². The number of aryl methyl sites for hydroxylation is 3. The molecule has 3 N–H and O–H groups in total. The number of nitrogens with one attached hydrogen (secondary N) is 1. The maximum Gasteiger partial charge on any atom is 0.418 e. The molecule has 0 amide bonds. The molecule has 196 valence electrons. The first-order valence-corrected chi connectivity index (χ1v) is 12.3. The number of halogens is 4. The molecular weight excluding hydrogens is 488 g/mol. The van der Waals surface area contributed by atoms with Crippen molar-refractivity contribution < 1.29 is 22.3 Å². The highest BCUT2D eigenvalue weighted by Crippen LogP contribution is 2.48. The number of ether oxygens (including phenoxy) is 1. The van der Waals surface area contributed by atoms with Crippen LogP contribution in [-0.4, -0.2) is 45.2 Å². The molecule has 3 aromatic rings. The van der Waals surface area contributed by atoms with E-state index in [4.69, 9.17) is 15.5 Å². The number of nitrogen functional groups attached to an aromatic ring is 1. The lowest BCUT2D eigenvalue weighted by molar-refractivity contribution is -0.137. The Morgan fingerprint density at radius 2 is 1.86 bits per heavy atom. The Morgan fingerprint density at radius 1 is 1.14 bits per heavy atom. The van der Waals surface area contributed by atoms with Gasteiger partial charge in [0.15, 0.2) is 5.82 Å². The van der Waals surface area contributed by atoms with Crippen LogP contribution in [0.25, 0.3) is 22.0 Å². The number of hydrogen-bond donors (Lipinski definition) is 2. The second-order valence-corrected chi connectivity index (χ2v) is 10.8. The van der Waals surface area contributed by atoms with E-state index in [1.54, 1.807) is 13.8 Å². The lowest BCUT2D eigenvalue weighted by Crippen LogP contribution is -2.66. The van der Waals surface area contributed by atoms with Crippen LogP contribution < -0.4 is 20.7 Å². The van der Waals surface area contributed by atoms with Gasteiger partial charge in [-0.05, 0) is 59.1 Å². The highest BCUT2D eigenvalue weighted by Gasteiger charge is 2.51. The van der Waals surface area contributed by atoms with E-state index in [0.717, 1.165) is 18.9 Å². The van der Waals surface area contributed by atoms with Crippen molar-refractivity contribution in [2.24, 2.45) is 0 Å². The molecule has 4 atom stereocenters. The molecule has 0 radical (unpaired) electrons. The predicted octanol–water partition coefficient (Wildman–Crippen LogP) is 4.84. The van der Waals surface area contributed by atoms with Crippen molar-refractivity contribution in [1.82, 2.24) is 20.3 Å². The summed E-state index contributed by atoms with van der Waals surface area (Å²) >= 11 is 0. The van der Waals surface area contributed by atoms with Gasteiger partial charge in [-0.2, -0.15) is 13.2 Å². The molecule has 2 fully saturated rings. The molecule has 0 spiro atoms. The van der Waals surface area contributed by atoms with Crippen LogP contribution >= 0.6 is 0 Å². The van der Waals surface area contributed by atoms with Crippen molar-refractivity contribution >= 4 is 22.4 Å². The molecule has 1 unspecified atom stereocenters. The van der Waals surface area contributed by atoms with Crippen LogP contribution in [0, 0.1) is 26.6 Å². The lowest BCUT2D eigenvalue weighted by Gasteiger charge is -2.46. The van der Waals surface area contributed by atoms with Crippen molar-refractivity contribution in [3.63, 3.8) is 0 Å². The number of pyridine rings is 3. The summed E-state index contributed by atoms with van der Waals surface area (Å²) in [7, 11) is 0. The van der Waals surface area contributed by atoms with Gasteiger partial charge in [0.05, 0.1) is 22.7 Å². The summed E-state index contributed by atoms with van der Waals surface area (Å²) < 4.78 is 65.2. The average molecular weight is 517 g/mol. The number of hydrogen-bond acceptors (Lipinski definition) is 7. The molecule has 3 aromatic heterocycles. The fourth-order valence-electron chi connectivity index (χ4n) is 6.48. The van der Waals surface area contributed by atoms with Gasteiger partial charge in [0.2, 0.25) is 5.88 Å². The van der Waals surface area contributed by atoms with Crippen LogP contribution in [0.1, 0.15) is 49.2 Å². The standard InChI is InChI=1S/C26H28F4N6O/c1-10-11(2)33-23-18-17(10)20(27)21(14-8-16(31)32-12(3)19(14)26(28,29)30)34-24(18)37-13(4)22-15-6-7-25(5,35-15)9-36(22)23/h8,13,15,22,35H,6-7,9H2,1-5H3,(H2,31,32)/t13?,15-,22+,25+/m0/s1. The second kappa shape index (κ2) is 7.66. The van der Waals surface area contributed by atoms with Crippen molar-refractivity contribution in [1.29, 1.82) is 0 Å². The van der Waals surface area contributed by atoms with Crippen molar-refractivity contribution in [3.05, 3.63) is 34.4 Å². The van der Waals surface area contributed by atoms with E-state index < -0.39 is 28.8 Å². The zero-order chi connectivity index (χ0) is 26.6. The molecule has 2 saturated heterocycles. The van der Waals surface area contributed by atoms with Gasteiger partial charge in [-0.1, -0.05) is 0 Å². The fraction of sp³-hybridized carbons (Fsp3) is 0.500. The minimum absolute atomic E-state index is 0.0705. The van der Waals surface area contributed by atoms with E-state index in [0.29, 0.717) is 29.0 Å². The summed E-state index contributed by atoms with van der Waals surface area (Å²) in [5.74, 6) is -0.391. The van der Waals surface area contributed by atoms with Gasteiger partial charge in [0.25, 0.3) is 0 Å². The summed E-state index contributed by atoms with van der Waals surface area (Å²) in [6.07, 6.45) is -3.23. The summed E-state index contributed by atoms with van der Waals surface area (Å²) in [6, 6.07) is 1.06. The first kappa shape index (κ1) is 24.1.